The fraction of sp³-hybridized carbons (Fsp3) is 0.231. The zero-order valence-electron chi connectivity index (χ0n) is 18.4. The lowest BCUT2D eigenvalue weighted by Crippen LogP contribution is -2.40. The molecule has 2 amide bonds. The van der Waals surface area contributed by atoms with Gasteiger partial charge >= 0.3 is 6.03 Å². The van der Waals surface area contributed by atoms with Crippen molar-refractivity contribution >= 4 is 17.1 Å². The molecule has 3 aromatic carbocycles. The summed E-state index contributed by atoms with van der Waals surface area (Å²) in [5.74, 6) is 1.53. The third-order valence-electron chi connectivity index (χ3n) is 5.58. The number of aromatic amines is 1. The molecule has 4 aromatic rings. The fourth-order valence-corrected chi connectivity index (χ4v) is 3.76. The highest BCUT2D eigenvalue weighted by atomic mass is 16.5. The zero-order chi connectivity index (χ0) is 22.3. The third kappa shape index (κ3) is 5.27. The highest BCUT2D eigenvalue weighted by molar-refractivity contribution is 5.76. The van der Waals surface area contributed by atoms with Crippen LogP contribution < -0.4 is 15.4 Å². The molecule has 6 nitrogen and oxygen atoms in total. The first-order valence-corrected chi connectivity index (χ1v) is 10.8. The number of H-pyrrole nitrogens is 1. The molecule has 0 saturated carbocycles. The maximum atomic E-state index is 12.7. The number of carbonyl (C=O) groups is 1. The molecule has 32 heavy (non-hydrogen) atoms. The molecule has 6 heteroatoms. The van der Waals surface area contributed by atoms with Gasteiger partial charge in [-0.15, -0.1) is 0 Å². The highest BCUT2D eigenvalue weighted by Gasteiger charge is 2.19. The normalized spacial score (nSPS) is 11.8. The number of amides is 2. The van der Waals surface area contributed by atoms with Crippen LogP contribution in [0.2, 0.25) is 0 Å². The smallest absolute Gasteiger partial charge is 0.315 e. The van der Waals surface area contributed by atoms with Crippen molar-refractivity contribution in [1.82, 2.24) is 20.6 Å². The monoisotopic (exact) mass is 428 g/mol. The molecule has 1 heterocycles. The van der Waals surface area contributed by atoms with Crippen LogP contribution in [0.25, 0.3) is 11.0 Å². The van der Waals surface area contributed by atoms with Crippen molar-refractivity contribution in [2.24, 2.45) is 0 Å². The number of fused-ring (bicyclic) bond motifs is 1. The molecule has 3 N–H and O–H groups in total. The molecule has 0 bridgehead atoms. The van der Waals surface area contributed by atoms with Gasteiger partial charge in [0.05, 0.1) is 24.2 Å². The first-order valence-electron chi connectivity index (χ1n) is 10.8. The number of aryl methyl sites for hydroxylation is 1. The second-order valence-corrected chi connectivity index (χ2v) is 7.82. The number of hydrogen-bond donors (Lipinski definition) is 3. The molecule has 0 aliphatic heterocycles. The average molecular weight is 429 g/mol. The SMILES string of the molecule is COc1ccc(CC(NC(=O)NCCc2ccccc2C)c2nc3ccccc3[nH]2)cc1. The summed E-state index contributed by atoms with van der Waals surface area (Å²) < 4.78 is 5.25. The molecule has 164 valence electrons. The predicted octanol–water partition coefficient (Wildman–Crippen LogP) is 4.71. The summed E-state index contributed by atoms with van der Waals surface area (Å²) >= 11 is 0. The molecule has 4 rings (SSSR count). The number of nitrogens with zero attached hydrogens (tertiary/aromatic N) is 1. The van der Waals surface area contributed by atoms with Gasteiger partial charge in [-0.3, -0.25) is 0 Å². The summed E-state index contributed by atoms with van der Waals surface area (Å²) in [7, 11) is 1.65. The number of aromatic nitrogens is 2. The number of nitrogens with one attached hydrogen (secondary N) is 3. The highest BCUT2D eigenvalue weighted by Crippen LogP contribution is 2.21. The number of para-hydroxylation sites is 2. The van der Waals surface area contributed by atoms with E-state index in [2.05, 4.69) is 34.7 Å². The van der Waals surface area contributed by atoms with E-state index in [4.69, 9.17) is 9.72 Å². The number of hydrogen-bond acceptors (Lipinski definition) is 3. The van der Waals surface area contributed by atoms with Crippen LogP contribution in [0.1, 0.15) is 28.6 Å². The van der Waals surface area contributed by atoms with Crippen LogP contribution in [0.15, 0.2) is 72.8 Å². The van der Waals surface area contributed by atoms with Crippen molar-refractivity contribution in [3.05, 3.63) is 95.3 Å². The Morgan fingerprint density at radius 1 is 1.03 bits per heavy atom. The molecule has 1 unspecified atom stereocenters. The molecule has 0 radical (unpaired) electrons. The van der Waals surface area contributed by atoms with Crippen LogP contribution >= 0.6 is 0 Å². The van der Waals surface area contributed by atoms with Crippen LogP contribution in [-0.2, 0) is 12.8 Å². The Hall–Kier alpha value is -3.80. The third-order valence-corrected chi connectivity index (χ3v) is 5.58. The largest absolute Gasteiger partial charge is 0.497 e. The van der Waals surface area contributed by atoms with Gasteiger partial charge in [-0.2, -0.15) is 0 Å². The molecule has 0 aliphatic carbocycles. The zero-order valence-corrected chi connectivity index (χ0v) is 18.4. The Balaban J connectivity index is 1.46. The summed E-state index contributed by atoms with van der Waals surface area (Å²) in [6.07, 6.45) is 1.39. The minimum atomic E-state index is -0.297. The minimum Gasteiger partial charge on any atom is -0.497 e. The maximum absolute atomic E-state index is 12.7. The van der Waals surface area contributed by atoms with E-state index in [9.17, 15) is 4.79 Å². The van der Waals surface area contributed by atoms with Crippen molar-refractivity contribution in [2.75, 3.05) is 13.7 Å². The number of urea groups is 1. The lowest BCUT2D eigenvalue weighted by Gasteiger charge is -2.18. The van der Waals surface area contributed by atoms with Crippen molar-refractivity contribution in [3.8, 4) is 5.75 Å². The number of ether oxygens (including phenoxy) is 1. The fourth-order valence-electron chi connectivity index (χ4n) is 3.76. The molecular weight excluding hydrogens is 400 g/mol. The van der Waals surface area contributed by atoms with Crippen molar-refractivity contribution in [3.63, 3.8) is 0 Å². The van der Waals surface area contributed by atoms with Gasteiger partial charge < -0.3 is 20.4 Å². The first-order chi connectivity index (χ1) is 15.6. The van der Waals surface area contributed by atoms with E-state index >= 15 is 0 Å². The number of methoxy groups -OCH3 is 1. The molecule has 0 spiro atoms. The molecular formula is C26H28N4O2. The molecule has 1 aromatic heterocycles. The average Bonchev–Trinajstić information content (AvgIpc) is 3.25. The van der Waals surface area contributed by atoms with Gasteiger partial charge in [0.2, 0.25) is 0 Å². The molecule has 1 atom stereocenters. The number of carbonyl (C=O) groups excluding carboxylic acids is 1. The standard InChI is InChI=1S/C26H28N4O2/c1-18-7-3-4-8-20(18)15-16-27-26(31)30-24(17-19-11-13-21(32-2)14-12-19)25-28-22-9-5-6-10-23(22)29-25/h3-14,24H,15-17H2,1-2H3,(H,28,29)(H2,27,30,31). The Kier molecular flexibility index (Phi) is 6.70. The molecule has 0 aliphatic rings. The van der Waals surface area contributed by atoms with Crippen molar-refractivity contribution in [1.29, 1.82) is 0 Å². The van der Waals surface area contributed by atoms with Gasteiger partial charge in [-0.05, 0) is 60.7 Å². The Morgan fingerprint density at radius 3 is 2.53 bits per heavy atom. The number of imidazole rings is 1. The number of rotatable bonds is 8. The van der Waals surface area contributed by atoms with Crippen LogP contribution in [0.3, 0.4) is 0 Å². The summed E-state index contributed by atoms with van der Waals surface area (Å²) in [6.45, 7) is 2.65. The first kappa shape index (κ1) is 21.4. The maximum Gasteiger partial charge on any atom is 0.315 e. The minimum absolute atomic E-state index is 0.211. The van der Waals surface area contributed by atoms with E-state index in [0.29, 0.717) is 13.0 Å². The second kappa shape index (κ2) is 10.0. The van der Waals surface area contributed by atoms with E-state index in [-0.39, 0.29) is 12.1 Å². The van der Waals surface area contributed by atoms with Gasteiger partial charge in [0, 0.05) is 6.54 Å². The van der Waals surface area contributed by atoms with E-state index in [0.717, 1.165) is 34.6 Å². The van der Waals surface area contributed by atoms with Crippen LogP contribution in [0.4, 0.5) is 4.79 Å². The predicted molar refractivity (Wildman–Crippen MR) is 127 cm³/mol. The van der Waals surface area contributed by atoms with Crippen LogP contribution in [-0.4, -0.2) is 29.7 Å². The van der Waals surface area contributed by atoms with Gasteiger partial charge in [0.25, 0.3) is 0 Å². The lowest BCUT2D eigenvalue weighted by atomic mass is 10.1. The molecule has 0 saturated heterocycles. The van der Waals surface area contributed by atoms with E-state index in [1.54, 1.807) is 7.11 Å². The van der Waals surface area contributed by atoms with Crippen molar-refractivity contribution < 1.29 is 9.53 Å². The number of benzene rings is 3. The quantitative estimate of drug-likeness (QED) is 0.380. The van der Waals surface area contributed by atoms with E-state index < -0.39 is 0 Å². The Morgan fingerprint density at radius 2 is 1.78 bits per heavy atom. The van der Waals surface area contributed by atoms with Gasteiger partial charge in [-0.1, -0.05) is 48.5 Å². The lowest BCUT2D eigenvalue weighted by molar-refractivity contribution is 0.236. The Bertz CT molecular complexity index is 1150. The van der Waals surface area contributed by atoms with Crippen molar-refractivity contribution in [2.45, 2.75) is 25.8 Å². The van der Waals surface area contributed by atoms with Gasteiger partial charge in [0.15, 0.2) is 0 Å². The van der Waals surface area contributed by atoms with Gasteiger partial charge in [0.1, 0.15) is 11.6 Å². The summed E-state index contributed by atoms with van der Waals surface area (Å²) in [5, 5.41) is 6.08. The van der Waals surface area contributed by atoms with Gasteiger partial charge in [-0.25, -0.2) is 9.78 Å². The summed E-state index contributed by atoms with van der Waals surface area (Å²) in [6, 6.07) is 23.4. The van der Waals surface area contributed by atoms with Crippen LogP contribution in [0.5, 0.6) is 5.75 Å². The van der Waals surface area contributed by atoms with Crippen LogP contribution in [0, 0.1) is 6.92 Å². The Labute approximate surface area is 188 Å². The van der Waals surface area contributed by atoms with E-state index in [1.807, 2.05) is 60.7 Å². The topological polar surface area (TPSA) is 79.0 Å². The summed E-state index contributed by atoms with van der Waals surface area (Å²) in [5.41, 5.74) is 5.37. The van der Waals surface area contributed by atoms with E-state index in [1.165, 1.54) is 11.1 Å². The molecule has 0 fully saturated rings. The summed E-state index contributed by atoms with van der Waals surface area (Å²) in [4.78, 5) is 20.8. The second-order valence-electron chi connectivity index (χ2n) is 7.82.